The summed E-state index contributed by atoms with van der Waals surface area (Å²) in [6.45, 7) is 1.28. The van der Waals surface area contributed by atoms with Crippen LogP contribution in [0, 0.1) is 0 Å². The third-order valence-electron chi connectivity index (χ3n) is 1.61. The Morgan fingerprint density at radius 2 is 2.54 bits per heavy atom. The summed E-state index contributed by atoms with van der Waals surface area (Å²) in [6, 6.07) is 1.78. The van der Waals surface area contributed by atoms with Crippen LogP contribution >= 0.6 is 0 Å². The van der Waals surface area contributed by atoms with E-state index < -0.39 is 0 Å². The molecule has 5 heteroatoms. The molecule has 0 atom stereocenters. The van der Waals surface area contributed by atoms with Gasteiger partial charge in [0.05, 0.1) is 5.69 Å². The number of aromatic nitrogens is 1. The van der Waals surface area contributed by atoms with E-state index in [1.165, 1.54) is 6.26 Å². The van der Waals surface area contributed by atoms with E-state index in [4.69, 9.17) is 0 Å². The molecule has 1 aromatic heterocycles. The number of nitrogens with one attached hydrogen (secondary N) is 2. The molecule has 0 aliphatic heterocycles. The minimum atomic E-state index is 0.0349. The zero-order chi connectivity index (χ0) is 9.52. The Morgan fingerprint density at radius 3 is 3.15 bits per heavy atom. The zero-order valence-corrected chi connectivity index (χ0v) is 7.54. The van der Waals surface area contributed by atoms with Crippen LogP contribution in [-0.2, 0) is 11.3 Å². The zero-order valence-electron chi connectivity index (χ0n) is 7.54. The van der Waals surface area contributed by atoms with Crippen molar-refractivity contribution in [2.45, 2.75) is 13.0 Å². The molecule has 0 fully saturated rings. The van der Waals surface area contributed by atoms with Gasteiger partial charge in [-0.1, -0.05) is 5.16 Å². The summed E-state index contributed by atoms with van der Waals surface area (Å²) >= 11 is 0. The largest absolute Gasteiger partial charge is 0.364 e. The van der Waals surface area contributed by atoms with Gasteiger partial charge in [-0.05, 0) is 0 Å². The van der Waals surface area contributed by atoms with Crippen molar-refractivity contribution in [1.29, 1.82) is 0 Å². The van der Waals surface area contributed by atoms with Crippen molar-refractivity contribution in [1.82, 2.24) is 15.8 Å². The topological polar surface area (TPSA) is 67.2 Å². The first-order valence-electron chi connectivity index (χ1n) is 4.13. The van der Waals surface area contributed by atoms with Crippen LogP contribution in [-0.4, -0.2) is 24.7 Å². The number of hydrogen-bond acceptors (Lipinski definition) is 4. The molecule has 0 spiro atoms. The van der Waals surface area contributed by atoms with Crippen LogP contribution in [0.25, 0.3) is 0 Å². The quantitative estimate of drug-likeness (QED) is 0.625. The minimum absolute atomic E-state index is 0.0349. The Balaban J connectivity index is 2.05. The van der Waals surface area contributed by atoms with Gasteiger partial charge in [-0.25, -0.2) is 0 Å². The van der Waals surface area contributed by atoms with Crippen LogP contribution in [0.3, 0.4) is 0 Å². The van der Waals surface area contributed by atoms with Gasteiger partial charge in [0.15, 0.2) is 0 Å². The van der Waals surface area contributed by atoms with Crippen molar-refractivity contribution >= 4 is 5.91 Å². The number of rotatable bonds is 5. The Labute approximate surface area is 76.5 Å². The van der Waals surface area contributed by atoms with Crippen LogP contribution < -0.4 is 10.6 Å². The highest BCUT2D eigenvalue weighted by atomic mass is 16.5. The second-order valence-corrected chi connectivity index (χ2v) is 2.59. The minimum Gasteiger partial charge on any atom is -0.364 e. The molecular formula is C8H13N3O2. The summed E-state index contributed by atoms with van der Waals surface area (Å²) in [5.41, 5.74) is 0.844. The van der Waals surface area contributed by atoms with Crippen LogP contribution in [0.2, 0.25) is 0 Å². The fourth-order valence-electron chi connectivity index (χ4n) is 0.872. The average Bonchev–Trinajstić information content (AvgIpc) is 2.64. The lowest BCUT2D eigenvalue weighted by atomic mass is 10.4. The highest BCUT2D eigenvalue weighted by molar-refractivity contribution is 5.75. The van der Waals surface area contributed by atoms with Gasteiger partial charge in [-0.3, -0.25) is 4.79 Å². The Bertz CT molecular complexity index is 246. The monoisotopic (exact) mass is 183 g/mol. The van der Waals surface area contributed by atoms with Crippen molar-refractivity contribution in [3.63, 3.8) is 0 Å². The molecule has 13 heavy (non-hydrogen) atoms. The lowest BCUT2D eigenvalue weighted by Crippen LogP contribution is -2.24. The van der Waals surface area contributed by atoms with E-state index in [-0.39, 0.29) is 5.91 Å². The Kier molecular flexibility index (Phi) is 3.98. The van der Waals surface area contributed by atoms with Gasteiger partial charge in [0.1, 0.15) is 6.26 Å². The third-order valence-corrected chi connectivity index (χ3v) is 1.61. The fourth-order valence-corrected chi connectivity index (χ4v) is 0.872. The molecule has 72 valence electrons. The van der Waals surface area contributed by atoms with E-state index in [1.807, 2.05) is 0 Å². The van der Waals surface area contributed by atoms with Gasteiger partial charge in [-0.15, -0.1) is 0 Å². The Hall–Kier alpha value is -1.36. The molecule has 1 rings (SSSR count). The molecule has 1 aromatic rings. The van der Waals surface area contributed by atoms with Gasteiger partial charge >= 0.3 is 0 Å². The average molecular weight is 183 g/mol. The fraction of sp³-hybridized carbons (Fsp3) is 0.500. The maximum absolute atomic E-state index is 10.8. The van der Waals surface area contributed by atoms with Gasteiger partial charge in [0.25, 0.3) is 0 Å². The highest BCUT2D eigenvalue weighted by Crippen LogP contribution is 1.92. The molecule has 1 heterocycles. The SMILES string of the molecule is CNC(=O)CCNCc1ccon1. The van der Waals surface area contributed by atoms with Gasteiger partial charge in [0.2, 0.25) is 5.91 Å². The van der Waals surface area contributed by atoms with Crippen LogP contribution in [0.15, 0.2) is 16.9 Å². The van der Waals surface area contributed by atoms with E-state index in [0.717, 1.165) is 5.69 Å². The summed E-state index contributed by atoms with van der Waals surface area (Å²) in [4.78, 5) is 10.8. The summed E-state index contributed by atoms with van der Waals surface area (Å²) in [6.07, 6.45) is 2.00. The molecule has 0 bridgehead atoms. The van der Waals surface area contributed by atoms with E-state index in [9.17, 15) is 4.79 Å². The predicted octanol–water partition coefficient (Wildman–Crippen LogP) is -0.0997. The lowest BCUT2D eigenvalue weighted by Gasteiger charge is -2.00. The Morgan fingerprint density at radius 1 is 1.69 bits per heavy atom. The molecule has 2 N–H and O–H groups in total. The van der Waals surface area contributed by atoms with Crippen LogP contribution in [0.5, 0.6) is 0 Å². The second-order valence-electron chi connectivity index (χ2n) is 2.59. The molecule has 0 saturated heterocycles. The van der Waals surface area contributed by atoms with Crippen molar-refractivity contribution in [3.05, 3.63) is 18.0 Å². The number of carbonyl (C=O) groups is 1. The first kappa shape index (κ1) is 9.73. The summed E-state index contributed by atoms with van der Waals surface area (Å²) < 4.78 is 4.64. The van der Waals surface area contributed by atoms with Crippen molar-refractivity contribution < 1.29 is 9.32 Å². The molecular weight excluding hydrogens is 170 g/mol. The normalized spacial score (nSPS) is 9.92. The van der Waals surface area contributed by atoms with Gasteiger partial charge in [-0.2, -0.15) is 0 Å². The molecule has 0 aromatic carbocycles. The van der Waals surface area contributed by atoms with Crippen LogP contribution in [0.1, 0.15) is 12.1 Å². The maximum Gasteiger partial charge on any atom is 0.221 e. The van der Waals surface area contributed by atoms with Gasteiger partial charge < -0.3 is 15.2 Å². The highest BCUT2D eigenvalue weighted by Gasteiger charge is 1.98. The number of amides is 1. The van der Waals surface area contributed by atoms with Crippen molar-refractivity contribution in [3.8, 4) is 0 Å². The number of carbonyl (C=O) groups excluding carboxylic acids is 1. The number of hydrogen-bond donors (Lipinski definition) is 2. The summed E-state index contributed by atoms with van der Waals surface area (Å²) in [5, 5.41) is 9.33. The van der Waals surface area contributed by atoms with E-state index in [0.29, 0.717) is 19.5 Å². The number of nitrogens with zero attached hydrogens (tertiary/aromatic N) is 1. The van der Waals surface area contributed by atoms with Gasteiger partial charge in [0, 0.05) is 32.6 Å². The predicted molar refractivity (Wildman–Crippen MR) is 46.9 cm³/mol. The smallest absolute Gasteiger partial charge is 0.221 e. The van der Waals surface area contributed by atoms with Crippen LogP contribution in [0.4, 0.5) is 0 Å². The third kappa shape index (κ3) is 3.71. The summed E-state index contributed by atoms with van der Waals surface area (Å²) in [7, 11) is 1.62. The molecule has 0 unspecified atom stereocenters. The molecule has 5 nitrogen and oxygen atoms in total. The lowest BCUT2D eigenvalue weighted by molar-refractivity contribution is -0.120. The second kappa shape index (κ2) is 5.31. The van der Waals surface area contributed by atoms with E-state index >= 15 is 0 Å². The molecule has 0 radical (unpaired) electrons. The molecule has 0 saturated carbocycles. The first-order chi connectivity index (χ1) is 6.33. The summed E-state index contributed by atoms with van der Waals surface area (Å²) in [5.74, 6) is 0.0349. The molecule has 0 aliphatic carbocycles. The van der Waals surface area contributed by atoms with Crippen molar-refractivity contribution in [2.24, 2.45) is 0 Å². The van der Waals surface area contributed by atoms with E-state index in [1.54, 1.807) is 13.1 Å². The molecule has 0 aliphatic rings. The standard InChI is InChI=1S/C8H13N3O2/c1-9-8(12)2-4-10-6-7-3-5-13-11-7/h3,5,10H,2,4,6H2,1H3,(H,9,12). The maximum atomic E-state index is 10.8. The van der Waals surface area contributed by atoms with Crippen molar-refractivity contribution in [2.75, 3.05) is 13.6 Å². The van der Waals surface area contributed by atoms with E-state index in [2.05, 4.69) is 20.3 Å². The molecule has 1 amide bonds. The first-order valence-corrected chi connectivity index (χ1v) is 4.13.